The quantitative estimate of drug-likeness (QED) is 0.837. The zero-order chi connectivity index (χ0) is 14.3. The number of anilines is 2. The number of nitrogens with two attached hydrogens (primary N) is 1. The van der Waals surface area contributed by atoms with Crippen LogP contribution in [0, 0.1) is 5.92 Å². The molecular formula is C14H21N5O. The molecule has 6 nitrogen and oxygen atoms in total. The third-order valence-corrected chi connectivity index (χ3v) is 4.34. The van der Waals surface area contributed by atoms with Crippen molar-refractivity contribution < 1.29 is 4.79 Å². The summed E-state index contributed by atoms with van der Waals surface area (Å²) in [5, 5.41) is 2.97. The van der Waals surface area contributed by atoms with Crippen LogP contribution in [0.5, 0.6) is 0 Å². The van der Waals surface area contributed by atoms with Crippen LogP contribution >= 0.6 is 0 Å². The lowest BCUT2D eigenvalue weighted by atomic mass is 9.90. The Morgan fingerprint density at radius 2 is 2.25 bits per heavy atom. The summed E-state index contributed by atoms with van der Waals surface area (Å²) in [6, 6.07) is 0.197. The van der Waals surface area contributed by atoms with Gasteiger partial charge in [0.25, 0.3) is 0 Å². The molecule has 0 bridgehead atoms. The molecule has 0 spiro atoms. The Balaban J connectivity index is 2.00. The van der Waals surface area contributed by atoms with Crippen LogP contribution in [-0.4, -0.2) is 35.0 Å². The van der Waals surface area contributed by atoms with Gasteiger partial charge in [0.1, 0.15) is 18.0 Å². The van der Waals surface area contributed by atoms with E-state index in [9.17, 15) is 4.79 Å². The molecular weight excluding hydrogens is 254 g/mol. The number of amides is 1. The molecule has 2 aliphatic heterocycles. The van der Waals surface area contributed by atoms with E-state index in [1.54, 1.807) is 0 Å². The second kappa shape index (κ2) is 4.92. The smallest absolute Gasteiger partial charge is 0.225 e. The summed E-state index contributed by atoms with van der Waals surface area (Å²) in [6.45, 7) is 5.81. The highest BCUT2D eigenvalue weighted by atomic mass is 16.2. The van der Waals surface area contributed by atoms with Crippen LogP contribution in [0.25, 0.3) is 0 Å². The average molecular weight is 275 g/mol. The van der Waals surface area contributed by atoms with Crippen molar-refractivity contribution >= 4 is 17.5 Å². The lowest BCUT2D eigenvalue weighted by Crippen LogP contribution is -2.46. The van der Waals surface area contributed by atoms with Gasteiger partial charge in [0.2, 0.25) is 5.91 Å². The van der Waals surface area contributed by atoms with Crippen molar-refractivity contribution in [3.8, 4) is 0 Å². The monoisotopic (exact) mass is 275 g/mol. The van der Waals surface area contributed by atoms with Crippen LogP contribution in [0.15, 0.2) is 6.33 Å². The van der Waals surface area contributed by atoms with E-state index in [4.69, 9.17) is 5.73 Å². The van der Waals surface area contributed by atoms with Gasteiger partial charge in [-0.05, 0) is 18.8 Å². The van der Waals surface area contributed by atoms with Gasteiger partial charge < -0.3 is 16.0 Å². The van der Waals surface area contributed by atoms with Crippen LogP contribution in [-0.2, 0) is 4.79 Å². The number of hydrogen-bond donors (Lipinski definition) is 2. The van der Waals surface area contributed by atoms with Gasteiger partial charge in [-0.3, -0.25) is 4.79 Å². The highest BCUT2D eigenvalue weighted by Gasteiger charge is 2.42. The summed E-state index contributed by atoms with van der Waals surface area (Å²) in [5.74, 6) is 1.97. The van der Waals surface area contributed by atoms with Gasteiger partial charge >= 0.3 is 0 Å². The first-order valence-electron chi connectivity index (χ1n) is 7.24. The number of fused-ring (bicyclic) bond motifs is 1. The molecule has 2 aliphatic rings. The summed E-state index contributed by atoms with van der Waals surface area (Å²) in [7, 11) is 0. The third-order valence-electron chi connectivity index (χ3n) is 4.34. The Morgan fingerprint density at radius 3 is 3.00 bits per heavy atom. The molecule has 6 heteroatoms. The number of carbonyl (C=O) groups is 1. The van der Waals surface area contributed by atoms with E-state index in [0.29, 0.717) is 12.4 Å². The fraction of sp³-hybridized carbons (Fsp3) is 0.643. The minimum absolute atomic E-state index is 0.0833. The maximum Gasteiger partial charge on any atom is 0.225 e. The molecule has 0 aliphatic carbocycles. The lowest BCUT2D eigenvalue weighted by Gasteiger charge is -2.38. The number of nitrogens with zero attached hydrogens (tertiary/aromatic N) is 3. The Morgan fingerprint density at radius 1 is 1.45 bits per heavy atom. The van der Waals surface area contributed by atoms with Gasteiger partial charge in [-0.15, -0.1) is 0 Å². The fourth-order valence-electron chi connectivity index (χ4n) is 3.40. The first-order valence-corrected chi connectivity index (χ1v) is 7.24. The minimum Gasteiger partial charge on any atom is -0.383 e. The topological polar surface area (TPSA) is 84.1 Å². The van der Waals surface area contributed by atoms with Crippen LogP contribution in [0.1, 0.15) is 38.2 Å². The molecule has 0 aromatic carbocycles. The zero-order valence-corrected chi connectivity index (χ0v) is 12.0. The molecule has 3 rings (SSSR count). The van der Waals surface area contributed by atoms with Crippen molar-refractivity contribution in [3.63, 3.8) is 0 Å². The van der Waals surface area contributed by atoms with E-state index in [1.165, 1.54) is 6.33 Å². The van der Waals surface area contributed by atoms with Crippen molar-refractivity contribution in [1.82, 2.24) is 15.3 Å². The highest BCUT2D eigenvalue weighted by molar-refractivity contribution is 5.83. The lowest BCUT2D eigenvalue weighted by molar-refractivity contribution is -0.122. The molecule has 2 atom stereocenters. The minimum atomic E-state index is 0.0833. The van der Waals surface area contributed by atoms with Gasteiger partial charge in [0, 0.05) is 18.7 Å². The van der Waals surface area contributed by atoms with E-state index in [-0.39, 0.29) is 23.8 Å². The molecule has 0 saturated carbocycles. The van der Waals surface area contributed by atoms with Gasteiger partial charge in [-0.25, -0.2) is 9.97 Å². The van der Waals surface area contributed by atoms with Crippen LogP contribution in [0.3, 0.4) is 0 Å². The van der Waals surface area contributed by atoms with E-state index in [0.717, 1.165) is 30.8 Å². The van der Waals surface area contributed by atoms with Gasteiger partial charge in [-0.2, -0.15) is 0 Å². The van der Waals surface area contributed by atoms with Gasteiger partial charge in [0.05, 0.1) is 12.0 Å². The van der Waals surface area contributed by atoms with E-state index < -0.39 is 0 Å². The first-order chi connectivity index (χ1) is 9.59. The Hall–Kier alpha value is -1.85. The maximum absolute atomic E-state index is 11.9. The highest BCUT2D eigenvalue weighted by Crippen LogP contribution is 2.35. The number of rotatable bonds is 2. The molecule has 2 fully saturated rings. The van der Waals surface area contributed by atoms with Gasteiger partial charge in [-0.1, -0.05) is 13.8 Å². The third kappa shape index (κ3) is 1.99. The first kappa shape index (κ1) is 13.1. The summed E-state index contributed by atoms with van der Waals surface area (Å²) in [5.41, 5.74) is 7.03. The number of hydrogen-bond acceptors (Lipinski definition) is 5. The predicted molar refractivity (Wildman–Crippen MR) is 77.4 cm³/mol. The predicted octanol–water partition coefficient (Wildman–Crippen LogP) is 0.897. The number of nitrogens with one attached hydrogen (secondary N) is 1. The number of piperidine rings is 1. The van der Waals surface area contributed by atoms with Crippen molar-refractivity contribution in [1.29, 1.82) is 0 Å². The Bertz CT molecular complexity index is 530. The summed E-state index contributed by atoms with van der Waals surface area (Å²) >= 11 is 0. The Labute approximate surface area is 118 Å². The van der Waals surface area contributed by atoms with E-state index in [2.05, 4.69) is 34.0 Å². The molecule has 1 amide bonds. The molecule has 1 aromatic heterocycles. The summed E-state index contributed by atoms with van der Waals surface area (Å²) in [6.07, 6.45) is 3.49. The summed E-state index contributed by atoms with van der Waals surface area (Å²) in [4.78, 5) is 22.7. The Kier molecular flexibility index (Phi) is 3.23. The SMILES string of the molecule is CC(C)c1c(N)ncnc1N1CCCC2C(=O)NCC21. The molecule has 0 radical (unpaired) electrons. The standard InChI is InChI=1S/C14H21N5O/c1-8(2)11-12(15)17-7-18-13(11)19-5-3-4-9-10(19)6-16-14(9)20/h7-10H,3-6H2,1-2H3,(H,16,20)(H2,15,17,18). The van der Waals surface area contributed by atoms with E-state index >= 15 is 0 Å². The van der Waals surface area contributed by atoms with Crippen LogP contribution in [0.4, 0.5) is 11.6 Å². The van der Waals surface area contributed by atoms with Crippen LogP contribution in [0.2, 0.25) is 0 Å². The number of aromatic nitrogens is 2. The summed E-state index contributed by atoms with van der Waals surface area (Å²) < 4.78 is 0. The molecule has 2 saturated heterocycles. The molecule has 3 N–H and O–H groups in total. The molecule has 3 heterocycles. The zero-order valence-electron chi connectivity index (χ0n) is 12.0. The molecule has 20 heavy (non-hydrogen) atoms. The average Bonchev–Trinajstić information content (AvgIpc) is 2.80. The van der Waals surface area contributed by atoms with Gasteiger partial charge in [0.15, 0.2) is 0 Å². The molecule has 2 unspecified atom stereocenters. The largest absolute Gasteiger partial charge is 0.383 e. The fourth-order valence-corrected chi connectivity index (χ4v) is 3.40. The molecule has 1 aromatic rings. The van der Waals surface area contributed by atoms with Crippen molar-refractivity contribution in [2.45, 2.75) is 38.6 Å². The van der Waals surface area contributed by atoms with Crippen molar-refractivity contribution in [2.75, 3.05) is 23.7 Å². The van der Waals surface area contributed by atoms with Crippen molar-refractivity contribution in [3.05, 3.63) is 11.9 Å². The number of nitrogen functional groups attached to an aromatic ring is 1. The van der Waals surface area contributed by atoms with Crippen molar-refractivity contribution in [2.24, 2.45) is 5.92 Å². The molecule has 108 valence electrons. The van der Waals surface area contributed by atoms with Crippen LogP contribution < -0.4 is 16.0 Å². The number of carbonyl (C=O) groups excluding carboxylic acids is 1. The van der Waals surface area contributed by atoms with E-state index in [1.807, 2.05) is 0 Å². The normalized spacial score (nSPS) is 25.8. The maximum atomic E-state index is 11.9. The second-order valence-electron chi connectivity index (χ2n) is 5.91. The second-order valence-corrected chi connectivity index (χ2v) is 5.91.